The largest absolute Gasteiger partial charge is 0.452 e. The number of halogens is 1. The number of carbonyl (C=O) groups is 2. The molecule has 2 atom stereocenters. The number of aliphatic hydroxyl groups is 2. The lowest BCUT2D eigenvalue weighted by Crippen LogP contribution is -2.60. The van der Waals surface area contributed by atoms with Gasteiger partial charge >= 0.3 is 0 Å². The van der Waals surface area contributed by atoms with Crippen molar-refractivity contribution in [3.05, 3.63) is 89.4 Å². The number of piperazine rings is 1. The molecule has 3 aromatic carbocycles. The molecule has 46 heavy (non-hydrogen) atoms. The Morgan fingerprint density at radius 1 is 0.826 bits per heavy atom. The molecule has 1 saturated heterocycles. The molecule has 0 bridgehead atoms. The van der Waals surface area contributed by atoms with Gasteiger partial charge in [0, 0.05) is 68.8 Å². The summed E-state index contributed by atoms with van der Waals surface area (Å²) in [7, 11) is 0. The van der Waals surface area contributed by atoms with Crippen LogP contribution in [0, 0.1) is 5.82 Å². The van der Waals surface area contributed by atoms with Crippen LogP contribution in [0.1, 0.15) is 47.2 Å². The van der Waals surface area contributed by atoms with Crippen molar-refractivity contribution < 1.29 is 33.7 Å². The van der Waals surface area contributed by atoms with Crippen LogP contribution in [0.3, 0.4) is 0 Å². The van der Waals surface area contributed by atoms with E-state index in [1.54, 1.807) is 18.2 Å². The third kappa shape index (κ3) is 6.51. The van der Waals surface area contributed by atoms with E-state index in [-0.39, 0.29) is 28.4 Å². The van der Waals surface area contributed by atoms with E-state index in [0.717, 1.165) is 61.9 Å². The number of fused-ring (bicyclic) bond motifs is 2. The number of nitrogens with zero attached hydrogens (tertiary/aromatic N) is 3. The SMILES string of the molecule is CCN1CCN(Cc2ccc3cc(C(=O)Nc4cc(NC(=O)c5ccc6c(c5)OC(C)(O)[C@](C)(O)O6)ccc4F)ccc3n2)CC1. The van der Waals surface area contributed by atoms with E-state index < -0.39 is 29.2 Å². The van der Waals surface area contributed by atoms with Crippen LogP contribution in [0.5, 0.6) is 11.5 Å². The van der Waals surface area contributed by atoms with Crippen LogP contribution in [0.15, 0.2) is 66.7 Å². The lowest BCUT2D eigenvalue weighted by molar-refractivity contribution is -0.327. The van der Waals surface area contributed by atoms with Gasteiger partial charge in [-0.2, -0.15) is 0 Å². The van der Waals surface area contributed by atoms with Crippen molar-refractivity contribution in [2.24, 2.45) is 0 Å². The highest BCUT2D eigenvalue weighted by molar-refractivity contribution is 6.07. The summed E-state index contributed by atoms with van der Waals surface area (Å²) in [5, 5.41) is 26.7. The van der Waals surface area contributed by atoms with Crippen molar-refractivity contribution in [3.63, 3.8) is 0 Å². The highest BCUT2D eigenvalue weighted by Crippen LogP contribution is 2.41. The lowest BCUT2D eigenvalue weighted by Gasteiger charge is -2.42. The smallest absolute Gasteiger partial charge is 0.271 e. The van der Waals surface area contributed by atoms with Gasteiger partial charge in [-0.3, -0.25) is 19.5 Å². The van der Waals surface area contributed by atoms with E-state index in [1.165, 1.54) is 44.2 Å². The third-order valence-electron chi connectivity index (χ3n) is 8.46. The van der Waals surface area contributed by atoms with Crippen LogP contribution >= 0.6 is 0 Å². The number of pyridine rings is 1. The van der Waals surface area contributed by atoms with E-state index in [4.69, 9.17) is 14.5 Å². The van der Waals surface area contributed by atoms with E-state index >= 15 is 0 Å². The summed E-state index contributed by atoms with van der Waals surface area (Å²) in [6.45, 7) is 10.6. The molecule has 12 heteroatoms. The molecule has 2 aliphatic rings. The highest BCUT2D eigenvalue weighted by atomic mass is 19.1. The predicted molar refractivity (Wildman–Crippen MR) is 170 cm³/mol. The summed E-state index contributed by atoms with van der Waals surface area (Å²) >= 11 is 0. The Morgan fingerprint density at radius 3 is 2.22 bits per heavy atom. The quantitative estimate of drug-likeness (QED) is 0.237. The van der Waals surface area contributed by atoms with Crippen molar-refractivity contribution in [2.45, 2.75) is 38.9 Å². The summed E-state index contributed by atoms with van der Waals surface area (Å²) in [5.41, 5.74) is 2.34. The fourth-order valence-electron chi connectivity index (χ4n) is 5.42. The van der Waals surface area contributed by atoms with Crippen LogP contribution in [0.25, 0.3) is 10.9 Å². The van der Waals surface area contributed by atoms with Crippen LogP contribution in [0.2, 0.25) is 0 Å². The molecule has 4 aromatic rings. The number of nitrogens with one attached hydrogen (secondary N) is 2. The Hall–Kier alpha value is -4.62. The Balaban J connectivity index is 1.11. The number of rotatable bonds is 7. The van der Waals surface area contributed by atoms with Gasteiger partial charge in [0.15, 0.2) is 11.5 Å². The van der Waals surface area contributed by atoms with Crippen LogP contribution in [-0.2, 0) is 6.54 Å². The monoisotopic (exact) mass is 629 g/mol. The molecule has 2 amide bonds. The molecule has 6 rings (SSSR count). The number of aromatic nitrogens is 1. The van der Waals surface area contributed by atoms with E-state index in [1.807, 2.05) is 12.1 Å². The molecule has 1 aromatic heterocycles. The molecular weight excluding hydrogens is 593 g/mol. The van der Waals surface area contributed by atoms with Gasteiger partial charge in [0.2, 0.25) is 0 Å². The standard InChI is InChI=1S/C34H36FN5O6/c1-4-39-13-15-40(16-14-39)20-25-8-5-21-17-22(6-11-27(21)36-25)32(42)38-28-19-24(9-10-26(28)35)37-31(41)23-7-12-29-30(18-23)46-34(3,44)33(2,43)45-29/h5-12,17-19,43-44H,4,13-16,20H2,1-3H3,(H,37,41)(H,38,42)/t33-,34?/m1/s1. The zero-order chi connectivity index (χ0) is 32.6. The normalized spacial score (nSPS) is 21.6. The summed E-state index contributed by atoms with van der Waals surface area (Å²) in [6, 6.07) is 17.1. The van der Waals surface area contributed by atoms with Crippen LogP contribution in [0.4, 0.5) is 15.8 Å². The Bertz CT molecular complexity index is 1800. The minimum absolute atomic E-state index is 0.0588. The van der Waals surface area contributed by atoms with Gasteiger partial charge in [-0.15, -0.1) is 0 Å². The Morgan fingerprint density at radius 2 is 1.48 bits per heavy atom. The van der Waals surface area contributed by atoms with Gasteiger partial charge in [0.1, 0.15) is 5.82 Å². The molecule has 0 aliphatic carbocycles. The summed E-state index contributed by atoms with van der Waals surface area (Å²) in [4.78, 5) is 35.7. The fraction of sp³-hybridized carbons (Fsp3) is 0.324. The molecule has 2 aliphatic heterocycles. The van der Waals surface area contributed by atoms with E-state index in [0.29, 0.717) is 5.56 Å². The van der Waals surface area contributed by atoms with Crippen molar-refractivity contribution in [3.8, 4) is 11.5 Å². The minimum Gasteiger partial charge on any atom is -0.452 e. The van der Waals surface area contributed by atoms with Crippen LogP contribution < -0.4 is 20.1 Å². The maximum atomic E-state index is 14.7. The van der Waals surface area contributed by atoms with Gasteiger partial charge in [0.25, 0.3) is 23.4 Å². The molecule has 0 radical (unpaired) electrons. The maximum absolute atomic E-state index is 14.7. The molecule has 0 spiro atoms. The zero-order valence-corrected chi connectivity index (χ0v) is 25.8. The minimum atomic E-state index is -2.06. The van der Waals surface area contributed by atoms with E-state index in [2.05, 4.69) is 27.4 Å². The molecule has 1 unspecified atom stereocenters. The molecule has 3 heterocycles. The first kappa shape index (κ1) is 31.4. The van der Waals surface area contributed by atoms with Gasteiger partial charge in [-0.05, 0) is 67.2 Å². The van der Waals surface area contributed by atoms with Gasteiger partial charge in [-0.1, -0.05) is 13.0 Å². The second kappa shape index (κ2) is 12.3. The van der Waals surface area contributed by atoms with Gasteiger partial charge in [-0.25, -0.2) is 4.39 Å². The number of hydrogen-bond donors (Lipinski definition) is 4. The van der Waals surface area contributed by atoms with Crippen molar-refractivity contribution in [1.29, 1.82) is 0 Å². The van der Waals surface area contributed by atoms with Gasteiger partial charge in [0.05, 0.1) is 16.9 Å². The third-order valence-corrected chi connectivity index (χ3v) is 8.46. The second-order valence-corrected chi connectivity index (χ2v) is 11.9. The lowest BCUT2D eigenvalue weighted by atomic mass is 10.1. The first-order valence-corrected chi connectivity index (χ1v) is 15.1. The first-order valence-electron chi connectivity index (χ1n) is 15.1. The predicted octanol–water partition coefficient (Wildman–Crippen LogP) is 4.20. The fourth-order valence-corrected chi connectivity index (χ4v) is 5.42. The molecule has 1 fully saturated rings. The van der Waals surface area contributed by atoms with Crippen molar-refractivity contribution in [1.82, 2.24) is 14.8 Å². The van der Waals surface area contributed by atoms with Crippen molar-refractivity contribution >= 4 is 34.1 Å². The zero-order valence-electron chi connectivity index (χ0n) is 25.8. The summed E-state index contributed by atoms with van der Waals surface area (Å²) in [5.74, 6) is -5.61. The number of hydrogen-bond acceptors (Lipinski definition) is 9. The molecule has 4 N–H and O–H groups in total. The second-order valence-electron chi connectivity index (χ2n) is 11.9. The average molecular weight is 630 g/mol. The highest BCUT2D eigenvalue weighted by Gasteiger charge is 2.51. The number of carbonyl (C=O) groups excluding carboxylic acids is 2. The number of likely N-dealkylation sites (N-methyl/N-ethyl adjacent to an activating group) is 1. The first-order chi connectivity index (χ1) is 21.9. The summed E-state index contributed by atoms with van der Waals surface area (Å²) < 4.78 is 25.6. The molecule has 11 nitrogen and oxygen atoms in total. The Kier molecular flexibility index (Phi) is 8.38. The van der Waals surface area contributed by atoms with Crippen molar-refractivity contribution in [2.75, 3.05) is 43.4 Å². The molecule has 240 valence electrons. The number of amides is 2. The summed E-state index contributed by atoms with van der Waals surface area (Å²) in [6.07, 6.45) is 0. The average Bonchev–Trinajstić information content (AvgIpc) is 3.02. The topological polar surface area (TPSA) is 136 Å². The molecule has 0 saturated carbocycles. The van der Waals surface area contributed by atoms with Crippen LogP contribution in [-0.4, -0.2) is 81.1 Å². The van der Waals surface area contributed by atoms with E-state index in [9.17, 15) is 24.2 Å². The van der Waals surface area contributed by atoms with Gasteiger partial charge < -0.3 is 35.2 Å². The number of anilines is 2. The Labute approximate surface area is 265 Å². The number of ether oxygens (including phenoxy) is 2. The maximum Gasteiger partial charge on any atom is 0.271 e. The number of benzene rings is 3. The molecular formula is C34H36FN5O6.